The van der Waals surface area contributed by atoms with Crippen LogP contribution in [0.2, 0.25) is 0 Å². The first-order chi connectivity index (χ1) is 17.5. The van der Waals surface area contributed by atoms with E-state index in [9.17, 15) is 4.79 Å². The molecule has 0 bridgehead atoms. The van der Waals surface area contributed by atoms with Crippen LogP contribution >= 0.6 is 12.2 Å². The molecule has 0 unspecified atom stereocenters. The second-order valence-corrected chi connectivity index (χ2v) is 10.5. The number of methoxy groups -OCH3 is 1. The molecular formula is C29H32N4O2S. The molecule has 4 heterocycles. The van der Waals surface area contributed by atoms with E-state index < -0.39 is 0 Å². The van der Waals surface area contributed by atoms with Crippen molar-refractivity contribution in [2.45, 2.75) is 38.6 Å². The van der Waals surface area contributed by atoms with Crippen LogP contribution in [0, 0.1) is 5.41 Å². The van der Waals surface area contributed by atoms with E-state index in [1.807, 2.05) is 0 Å². The van der Waals surface area contributed by atoms with E-state index in [2.05, 4.69) is 57.4 Å². The monoisotopic (exact) mass is 500 g/mol. The number of amides is 1. The number of fused-ring (bicyclic) bond motifs is 3. The third kappa shape index (κ3) is 3.64. The fourth-order valence-electron chi connectivity index (χ4n) is 6.65. The van der Waals surface area contributed by atoms with E-state index in [1.54, 1.807) is 31.4 Å². The number of ether oxygens (including phenoxy) is 1. The van der Waals surface area contributed by atoms with Gasteiger partial charge in [0.1, 0.15) is 5.75 Å². The standard InChI is InChI=1S/C29H32N4O2S/c1-3-29-14-6-15-32-16-13-23-22-7-4-5-8-24(22)33(25(23)26(29)32)20(17-29)18-30-28(36)31-27(34)19-9-11-21(35-2)12-10-19/h4-5,7-12,17,26H,3,6,13-16,18H2,1-2H3,(H2,30,31,34,36)/t26-,29+/m1/s1. The third-order valence-electron chi connectivity index (χ3n) is 8.33. The van der Waals surface area contributed by atoms with Gasteiger partial charge in [0.2, 0.25) is 0 Å². The number of benzene rings is 2. The van der Waals surface area contributed by atoms with Crippen molar-refractivity contribution < 1.29 is 9.53 Å². The van der Waals surface area contributed by atoms with Gasteiger partial charge < -0.3 is 14.6 Å². The number of para-hydroxylation sites is 1. The normalized spacial score (nSPS) is 22.5. The quantitative estimate of drug-likeness (QED) is 0.488. The third-order valence-corrected chi connectivity index (χ3v) is 8.58. The van der Waals surface area contributed by atoms with Crippen molar-refractivity contribution in [1.29, 1.82) is 0 Å². The van der Waals surface area contributed by atoms with Crippen molar-refractivity contribution in [1.82, 2.24) is 20.1 Å². The molecule has 3 aliphatic rings. The number of hydrogen-bond acceptors (Lipinski definition) is 4. The second-order valence-electron chi connectivity index (χ2n) is 10.1. The molecule has 0 saturated carbocycles. The Morgan fingerprint density at radius 2 is 1.97 bits per heavy atom. The molecule has 0 spiro atoms. The number of hydrogen-bond donors (Lipinski definition) is 2. The largest absolute Gasteiger partial charge is 0.497 e. The molecule has 36 heavy (non-hydrogen) atoms. The van der Waals surface area contributed by atoms with Gasteiger partial charge in [0, 0.05) is 34.3 Å². The van der Waals surface area contributed by atoms with Crippen LogP contribution in [0.5, 0.6) is 5.75 Å². The lowest BCUT2D eigenvalue weighted by Gasteiger charge is -2.53. The minimum absolute atomic E-state index is 0.128. The van der Waals surface area contributed by atoms with Crippen molar-refractivity contribution in [2.75, 3.05) is 26.7 Å². The predicted molar refractivity (Wildman–Crippen MR) is 147 cm³/mol. The number of carbonyl (C=O) groups is 1. The summed E-state index contributed by atoms with van der Waals surface area (Å²) in [5, 5.41) is 7.86. The Kier molecular flexibility index (Phi) is 5.85. The summed E-state index contributed by atoms with van der Waals surface area (Å²) in [7, 11) is 1.61. The van der Waals surface area contributed by atoms with E-state index in [-0.39, 0.29) is 11.3 Å². The molecule has 7 heteroatoms. The second kappa shape index (κ2) is 9.05. The summed E-state index contributed by atoms with van der Waals surface area (Å²) in [6.45, 7) is 5.20. The van der Waals surface area contributed by atoms with Gasteiger partial charge in [0.25, 0.3) is 5.91 Å². The van der Waals surface area contributed by atoms with Gasteiger partial charge in [-0.2, -0.15) is 0 Å². The molecule has 3 aliphatic heterocycles. The number of piperidine rings is 1. The summed E-state index contributed by atoms with van der Waals surface area (Å²) in [6.07, 6.45) is 7.15. The van der Waals surface area contributed by atoms with Crippen molar-refractivity contribution >= 4 is 39.8 Å². The Morgan fingerprint density at radius 3 is 2.75 bits per heavy atom. The lowest BCUT2D eigenvalue weighted by molar-refractivity contribution is 0.0269. The zero-order chi connectivity index (χ0) is 24.9. The first-order valence-corrected chi connectivity index (χ1v) is 13.3. The molecule has 1 fully saturated rings. The number of thiocarbonyl (C=S) groups is 1. The van der Waals surface area contributed by atoms with Gasteiger partial charge in [-0.05, 0) is 80.3 Å². The lowest BCUT2D eigenvalue weighted by Crippen LogP contribution is -2.51. The van der Waals surface area contributed by atoms with E-state index in [0.717, 1.165) is 19.4 Å². The average molecular weight is 501 g/mol. The van der Waals surface area contributed by atoms with Gasteiger partial charge in [-0.25, -0.2) is 0 Å². The predicted octanol–water partition coefficient (Wildman–Crippen LogP) is 4.90. The smallest absolute Gasteiger partial charge is 0.257 e. The van der Waals surface area contributed by atoms with Crippen LogP contribution in [-0.2, 0) is 6.42 Å². The molecular weight excluding hydrogens is 468 g/mol. The number of nitrogens with one attached hydrogen (secondary N) is 2. The van der Waals surface area contributed by atoms with Gasteiger partial charge in [-0.3, -0.25) is 15.0 Å². The summed E-state index contributed by atoms with van der Waals surface area (Å²) >= 11 is 5.54. The Bertz CT molecular complexity index is 1380. The minimum atomic E-state index is -0.232. The summed E-state index contributed by atoms with van der Waals surface area (Å²) in [6, 6.07) is 16.2. The molecule has 2 N–H and O–H groups in total. The number of aromatic nitrogens is 1. The average Bonchev–Trinajstić information content (AvgIpc) is 3.26. The topological polar surface area (TPSA) is 58.5 Å². The van der Waals surface area contributed by atoms with Crippen LogP contribution in [0.3, 0.4) is 0 Å². The van der Waals surface area contributed by atoms with Crippen LogP contribution in [-0.4, -0.2) is 47.2 Å². The van der Waals surface area contributed by atoms with Gasteiger partial charge >= 0.3 is 0 Å². The number of rotatable bonds is 5. The fraction of sp³-hybridized carbons (Fsp3) is 0.379. The SMILES string of the molecule is CC[C@@]12C=C(CNC(=S)NC(=O)c3ccc(OC)cc3)n3c4c(c5ccccc53)CCN(CCC1)[C@H]42. The zero-order valence-electron chi connectivity index (χ0n) is 20.8. The van der Waals surface area contributed by atoms with Crippen LogP contribution < -0.4 is 15.4 Å². The Hall–Kier alpha value is -3.16. The van der Waals surface area contributed by atoms with Crippen molar-refractivity contribution in [3.63, 3.8) is 0 Å². The highest BCUT2D eigenvalue weighted by molar-refractivity contribution is 7.80. The molecule has 6 rings (SSSR count). The molecule has 3 aromatic rings. The zero-order valence-corrected chi connectivity index (χ0v) is 21.7. The minimum Gasteiger partial charge on any atom is -0.497 e. The first-order valence-electron chi connectivity index (χ1n) is 12.9. The Balaban J connectivity index is 1.30. The summed E-state index contributed by atoms with van der Waals surface area (Å²) in [4.78, 5) is 15.4. The van der Waals surface area contributed by atoms with Crippen LogP contribution in [0.1, 0.15) is 53.8 Å². The van der Waals surface area contributed by atoms with E-state index >= 15 is 0 Å². The maximum absolute atomic E-state index is 12.7. The van der Waals surface area contributed by atoms with Crippen molar-refractivity contribution in [3.8, 4) is 5.75 Å². The van der Waals surface area contributed by atoms with Crippen LogP contribution in [0.4, 0.5) is 0 Å². The lowest BCUT2D eigenvalue weighted by atomic mass is 9.66. The molecule has 0 aliphatic carbocycles. The number of carbonyl (C=O) groups excluding carboxylic acids is 1. The molecule has 1 aromatic heterocycles. The van der Waals surface area contributed by atoms with Crippen molar-refractivity contribution in [2.24, 2.45) is 5.41 Å². The van der Waals surface area contributed by atoms with Crippen molar-refractivity contribution in [3.05, 3.63) is 71.4 Å². The summed E-state index contributed by atoms with van der Waals surface area (Å²) < 4.78 is 7.65. The molecule has 1 saturated heterocycles. The highest BCUT2D eigenvalue weighted by Crippen LogP contribution is 2.56. The Morgan fingerprint density at radius 1 is 1.17 bits per heavy atom. The van der Waals surface area contributed by atoms with Crippen LogP contribution in [0.25, 0.3) is 16.6 Å². The molecule has 186 valence electrons. The van der Waals surface area contributed by atoms with Crippen LogP contribution in [0.15, 0.2) is 54.6 Å². The fourth-order valence-corrected chi connectivity index (χ4v) is 6.82. The number of nitrogens with zero attached hydrogens (tertiary/aromatic N) is 2. The maximum Gasteiger partial charge on any atom is 0.257 e. The summed E-state index contributed by atoms with van der Waals surface area (Å²) in [5.74, 6) is 0.479. The first kappa shape index (κ1) is 23.3. The summed E-state index contributed by atoms with van der Waals surface area (Å²) in [5.41, 5.74) is 6.13. The highest BCUT2D eigenvalue weighted by atomic mass is 32.1. The van der Waals surface area contributed by atoms with Gasteiger partial charge in [-0.15, -0.1) is 0 Å². The van der Waals surface area contributed by atoms with Gasteiger partial charge in [0.15, 0.2) is 5.11 Å². The van der Waals surface area contributed by atoms with E-state index in [1.165, 1.54) is 47.2 Å². The maximum atomic E-state index is 12.7. The van der Waals surface area contributed by atoms with E-state index in [4.69, 9.17) is 17.0 Å². The molecule has 2 aromatic carbocycles. The Labute approximate surface area is 217 Å². The molecule has 6 nitrogen and oxygen atoms in total. The molecule has 1 amide bonds. The van der Waals surface area contributed by atoms with Gasteiger partial charge in [-0.1, -0.05) is 31.2 Å². The highest BCUT2D eigenvalue weighted by Gasteiger charge is 2.50. The van der Waals surface area contributed by atoms with Gasteiger partial charge in [0.05, 0.1) is 25.2 Å². The molecule has 0 radical (unpaired) electrons. The molecule has 2 atom stereocenters. The van der Waals surface area contributed by atoms with E-state index in [0.29, 0.717) is 29.0 Å².